The van der Waals surface area contributed by atoms with Gasteiger partial charge in [0.25, 0.3) is 0 Å². The SMILES string of the molecule is CC(=O)SCCN(CCC1CCCCC1)C(=O)N[C@@H](C)C(=O)N1CCN(C)CC1.O=C(O)CC(O)(CC(=O)O)C(=O)O. The van der Waals surface area contributed by atoms with Gasteiger partial charge in [-0.3, -0.25) is 19.2 Å². The molecule has 42 heavy (non-hydrogen) atoms. The standard InChI is InChI=1S/C21H38N4O3S.C6H8O7/c1-17(20(27)24-13-11-23(3)12-14-24)22-21(28)25(15-16-29-18(2)26)10-9-19-7-5-4-6-8-19;7-3(8)1-6(13,5(11)12)2-4(9)10/h17,19H,4-16H2,1-3H3,(H,22,28);13H,1-2H2,(H,7,8)(H,9,10)(H,11,12)/t17-;/m0./s1. The molecule has 2 aliphatic rings. The van der Waals surface area contributed by atoms with E-state index in [1.165, 1.54) is 43.9 Å². The Morgan fingerprint density at radius 2 is 1.48 bits per heavy atom. The molecule has 0 spiro atoms. The molecule has 2 fully saturated rings. The van der Waals surface area contributed by atoms with Crippen molar-refractivity contribution in [3.8, 4) is 0 Å². The summed E-state index contributed by atoms with van der Waals surface area (Å²) in [5.41, 5.74) is -2.74. The Kier molecular flexibility index (Phi) is 16.4. The highest BCUT2D eigenvalue weighted by molar-refractivity contribution is 8.13. The van der Waals surface area contributed by atoms with Crippen LogP contribution in [0.15, 0.2) is 0 Å². The van der Waals surface area contributed by atoms with Crippen LogP contribution in [-0.4, -0.2) is 134 Å². The molecule has 1 atom stereocenters. The first-order chi connectivity index (χ1) is 19.6. The number of thioether (sulfide) groups is 1. The van der Waals surface area contributed by atoms with Crippen LogP contribution in [0, 0.1) is 5.92 Å². The fourth-order valence-electron chi connectivity index (χ4n) is 4.78. The van der Waals surface area contributed by atoms with Gasteiger partial charge in [0.1, 0.15) is 6.04 Å². The first-order valence-corrected chi connectivity index (χ1v) is 15.2. The number of likely N-dealkylation sites (N-methyl/N-ethyl adjacent to an activating group) is 1. The van der Waals surface area contributed by atoms with Crippen molar-refractivity contribution in [1.29, 1.82) is 0 Å². The van der Waals surface area contributed by atoms with Gasteiger partial charge in [-0.25, -0.2) is 9.59 Å². The molecular formula is C27H46N4O10S. The molecule has 0 aromatic carbocycles. The number of carboxylic acids is 3. The zero-order chi connectivity index (χ0) is 31.9. The molecule has 1 saturated heterocycles. The van der Waals surface area contributed by atoms with Crippen LogP contribution in [0.2, 0.25) is 0 Å². The Bertz CT molecular complexity index is 920. The summed E-state index contributed by atoms with van der Waals surface area (Å²) in [6.07, 6.45) is 5.09. The smallest absolute Gasteiger partial charge is 0.336 e. The van der Waals surface area contributed by atoms with Crippen molar-refractivity contribution < 1.29 is 49.2 Å². The molecule has 0 aromatic rings. The summed E-state index contributed by atoms with van der Waals surface area (Å²) in [5.74, 6) is -3.76. The average molecular weight is 619 g/mol. The first-order valence-electron chi connectivity index (χ1n) is 14.2. The maximum Gasteiger partial charge on any atom is 0.336 e. The lowest BCUT2D eigenvalue weighted by molar-refractivity contribution is -0.170. The normalized spacial score (nSPS) is 16.9. The molecule has 3 amide bonds. The number of nitrogens with one attached hydrogen (secondary N) is 1. The lowest BCUT2D eigenvalue weighted by Gasteiger charge is -2.34. The topological polar surface area (TPSA) is 205 Å². The summed E-state index contributed by atoms with van der Waals surface area (Å²) in [6, 6.07) is -0.733. The second kappa shape index (κ2) is 18.6. The van der Waals surface area contributed by atoms with Gasteiger partial charge < -0.3 is 40.4 Å². The van der Waals surface area contributed by atoms with Gasteiger partial charge in [0, 0.05) is 51.9 Å². The second-order valence-corrected chi connectivity index (χ2v) is 12.2. The van der Waals surface area contributed by atoms with Crippen LogP contribution < -0.4 is 5.32 Å². The van der Waals surface area contributed by atoms with Crippen LogP contribution in [0.1, 0.15) is 65.2 Å². The Labute approximate surface area is 250 Å². The van der Waals surface area contributed by atoms with Crippen LogP contribution in [0.25, 0.3) is 0 Å². The van der Waals surface area contributed by atoms with Crippen molar-refractivity contribution in [2.24, 2.45) is 5.92 Å². The molecule has 240 valence electrons. The van der Waals surface area contributed by atoms with Gasteiger partial charge in [-0.1, -0.05) is 43.9 Å². The van der Waals surface area contributed by atoms with Gasteiger partial charge in [0.15, 0.2) is 10.7 Å². The Hall–Kier alpha value is -2.91. The number of rotatable bonds is 13. The number of aliphatic carboxylic acids is 3. The van der Waals surface area contributed by atoms with E-state index in [2.05, 4.69) is 17.3 Å². The highest BCUT2D eigenvalue weighted by Gasteiger charge is 2.40. The molecule has 14 nitrogen and oxygen atoms in total. The van der Waals surface area contributed by atoms with Gasteiger partial charge in [-0.05, 0) is 26.3 Å². The van der Waals surface area contributed by atoms with Crippen LogP contribution >= 0.6 is 11.8 Å². The molecule has 0 unspecified atom stereocenters. The monoisotopic (exact) mass is 618 g/mol. The molecule has 0 radical (unpaired) electrons. The number of aliphatic hydroxyl groups is 1. The lowest BCUT2D eigenvalue weighted by Crippen LogP contribution is -2.55. The predicted octanol–water partition coefficient (Wildman–Crippen LogP) is 1.16. The average Bonchev–Trinajstić information content (AvgIpc) is 2.90. The number of amides is 3. The molecule has 0 aromatic heterocycles. The minimum Gasteiger partial charge on any atom is -0.481 e. The third-order valence-electron chi connectivity index (χ3n) is 7.30. The van der Waals surface area contributed by atoms with Gasteiger partial charge in [-0.15, -0.1) is 0 Å². The molecule has 0 bridgehead atoms. The van der Waals surface area contributed by atoms with E-state index in [1.807, 2.05) is 4.90 Å². The molecule has 5 N–H and O–H groups in total. The maximum atomic E-state index is 12.9. The minimum absolute atomic E-state index is 0.0169. The molecule has 1 heterocycles. The zero-order valence-electron chi connectivity index (χ0n) is 24.7. The third-order valence-corrected chi connectivity index (χ3v) is 8.09. The van der Waals surface area contributed by atoms with Crippen molar-refractivity contribution >= 4 is 46.7 Å². The van der Waals surface area contributed by atoms with E-state index in [0.29, 0.717) is 37.8 Å². The Morgan fingerprint density at radius 1 is 0.929 bits per heavy atom. The summed E-state index contributed by atoms with van der Waals surface area (Å²) >= 11 is 1.25. The molecular weight excluding hydrogens is 572 g/mol. The number of nitrogens with zero attached hydrogens (tertiary/aromatic N) is 3. The molecule has 1 aliphatic carbocycles. The number of piperazine rings is 1. The van der Waals surface area contributed by atoms with E-state index >= 15 is 0 Å². The summed E-state index contributed by atoms with van der Waals surface area (Å²) in [6.45, 7) is 7.66. The quantitative estimate of drug-likeness (QED) is 0.197. The van der Waals surface area contributed by atoms with Gasteiger partial charge >= 0.3 is 23.9 Å². The van der Waals surface area contributed by atoms with E-state index in [0.717, 1.165) is 19.5 Å². The lowest BCUT2D eigenvalue weighted by atomic mass is 9.87. The zero-order valence-corrected chi connectivity index (χ0v) is 25.6. The third kappa shape index (κ3) is 14.3. The van der Waals surface area contributed by atoms with Crippen LogP contribution in [0.4, 0.5) is 4.79 Å². The van der Waals surface area contributed by atoms with Crippen molar-refractivity contribution in [2.45, 2.75) is 76.9 Å². The molecule has 2 rings (SSSR count). The van der Waals surface area contributed by atoms with Crippen molar-refractivity contribution in [3.63, 3.8) is 0 Å². The van der Waals surface area contributed by atoms with Crippen LogP contribution in [0.3, 0.4) is 0 Å². The van der Waals surface area contributed by atoms with Crippen LogP contribution in [0.5, 0.6) is 0 Å². The molecule has 1 saturated carbocycles. The van der Waals surface area contributed by atoms with E-state index in [4.69, 9.17) is 20.4 Å². The van der Waals surface area contributed by atoms with Gasteiger partial charge in [-0.2, -0.15) is 0 Å². The first kappa shape index (κ1) is 37.1. The van der Waals surface area contributed by atoms with E-state index in [-0.39, 0.29) is 17.1 Å². The molecule has 15 heteroatoms. The number of carboxylic acid groups (broad SMARTS) is 3. The molecule has 1 aliphatic heterocycles. The van der Waals surface area contributed by atoms with Crippen molar-refractivity contribution in [2.75, 3.05) is 52.1 Å². The number of carbonyl (C=O) groups is 6. The number of urea groups is 1. The Morgan fingerprint density at radius 3 is 1.95 bits per heavy atom. The van der Waals surface area contributed by atoms with Gasteiger partial charge in [0.2, 0.25) is 5.91 Å². The summed E-state index contributed by atoms with van der Waals surface area (Å²) in [5, 5.41) is 36.8. The van der Waals surface area contributed by atoms with E-state index < -0.39 is 42.4 Å². The summed E-state index contributed by atoms with van der Waals surface area (Å²) < 4.78 is 0. The number of carbonyl (C=O) groups excluding carboxylic acids is 3. The highest BCUT2D eigenvalue weighted by Crippen LogP contribution is 2.26. The fraction of sp³-hybridized carbons (Fsp3) is 0.778. The van der Waals surface area contributed by atoms with E-state index in [1.54, 1.807) is 18.7 Å². The maximum absolute atomic E-state index is 12.9. The van der Waals surface area contributed by atoms with Crippen LogP contribution in [-0.2, 0) is 24.0 Å². The fourth-order valence-corrected chi connectivity index (χ4v) is 5.38. The highest BCUT2D eigenvalue weighted by atomic mass is 32.2. The van der Waals surface area contributed by atoms with Crippen molar-refractivity contribution in [1.82, 2.24) is 20.0 Å². The number of hydrogen-bond acceptors (Lipinski definition) is 9. The predicted molar refractivity (Wildman–Crippen MR) is 155 cm³/mol. The largest absolute Gasteiger partial charge is 0.481 e. The second-order valence-electron chi connectivity index (χ2n) is 10.9. The van der Waals surface area contributed by atoms with Crippen molar-refractivity contribution in [3.05, 3.63) is 0 Å². The Balaban J connectivity index is 0.000000572. The summed E-state index contributed by atoms with van der Waals surface area (Å²) in [4.78, 5) is 73.1. The summed E-state index contributed by atoms with van der Waals surface area (Å²) in [7, 11) is 2.05. The van der Waals surface area contributed by atoms with Gasteiger partial charge in [0.05, 0.1) is 12.8 Å². The van der Waals surface area contributed by atoms with E-state index in [9.17, 15) is 28.8 Å². The number of hydrogen-bond donors (Lipinski definition) is 5. The minimum atomic E-state index is -2.74.